The van der Waals surface area contributed by atoms with Gasteiger partial charge in [-0.25, -0.2) is 9.97 Å². The molecule has 2 aliphatic rings. The standard InChI is InChI=1S/C21H21Cl2N3O4/c1-20(2)29-14-15(30-20)19(26-9-8-13-17(23)24-10-25-18(13)26)28-16(14)21(3,27)11-4-6-12(22)7-5-11/h4-10,14-16,19,27H,1-3H3/t14-,15+,16-,19+,21+/m0/s1. The van der Waals surface area contributed by atoms with E-state index in [1.807, 2.05) is 30.7 Å². The van der Waals surface area contributed by atoms with Gasteiger partial charge in [0.1, 0.15) is 41.0 Å². The molecule has 0 unspecified atom stereocenters. The number of hydrogen-bond donors (Lipinski definition) is 1. The van der Waals surface area contributed by atoms with E-state index in [-0.39, 0.29) is 0 Å². The second kappa shape index (κ2) is 6.88. The van der Waals surface area contributed by atoms with Crippen LogP contribution in [0.4, 0.5) is 0 Å². The molecule has 5 rings (SSSR count). The molecule has 1 N–H and O–H groups in total. The molecule has 30 heavy (non-hydrogen) atoms. The molecular weight excluding hydrogens is 429 g/mol. The van der Waals surface area contributed by atoms with Gasteiger partial charge in [-0.1, -0.05) is 35.3 Å². The number of fused-ring (bicyclic) bond motifs is 2. The molecule has 1 aromatic carbocycles. The van der Waals surface area contributed by atoms with Gasteiger partial charge in [0.05, 0.1) is 5.39 Å². The minimum atomic E-state index is -1.35. The van der Waals surface area contributed by atoms with Crippen molar-refractivity contribution in [3.8, 4) is 0 Å². The molecule has 0 aliphatic carbocycles. The molecule has 7 nitrogen and oxygen atoms in total. The summed E-state index contributed by atoms with van der Waals surface area (Å²) in [5, 5.41) is 13.2. The summed E-state index contributed by atoms with van der Waals surface area (Å²) in [4.78, 5) is 8.40. The van der Waals surface area contributed by atoms with Crippen LogP contribution in [0.25, 0.3) is 11.0 Å². The fourth-order valence-electron chi connectivity index (χ4n) is 4.35. The van der Waals surface area contributed by atoms with Gasteiger partial charge in [0, 0.05) is 11.2 Å². The van der Waals surface area contributed by atoms with Gasteiger partial charge in [0.25, 0.3) is 0 Å². The van der Waals surface area contributed by atoms with Crippen molar-refractivity contribution in [1.82, 2.24) is 14.5 Å². The Morgan fingerprint density at radius 1 is 1.07 bits per heavy atom. The van der Waals surface area contributed by atoms with Crippen molar-refractivity contribution in [1.29, 1.82) is 0 Å². The van der Waals surface area contributed by atoms with E-state index in [1.54, 1.807) is 31.2 Å². The van der Waals surface area contributed by atoms with Gasteiger partial charge < -0.3 is 23.9 Å². The van der Waals surface area contributed by atoms with Crippen molar-refractivity contribution in [2.45, 2.75) is 56.7 Å². The molecule has 158 valence electrons. The Kier molecular flexibility index (Phi) is 4.63. The third-order valence-corrected chi connectivity index (χ3v) is 6.30. The number of aliphatic hydroxyl groups is 1. The van der Waals surface area contributed by atoms with E-state index in [0.717, 1.165) is 0 Å². The molecule has 0 amide bonds. The Morgan fingerprint density at radius 3 is 2.50 bits per heavy atom. The van der Waals surface area contributed by atoms with E-state index >= 15 is 0 Å². The first-order chi connectivity index (χ1) is 14.2. The summed E-state index contributed by atoms with van der Waals surface area (Å²) in [7, 11) is 0. The van der Waals surface area contributed by atoms with E-state index < -0.39 is 35.9 Å². The second-order valence-corrected chi connectivity index (χ2v) is 9.09. The van der Waals surface area contributed by atoms with E-state index in [4.69, 9.17) is 37.4 Å². The lowest BCUT2D eigenvalue weighted by atomic mass is 9.87. The zero-order valence-electron chi connectivity index (χ0n) is 16.6. The summed E-state index contributed by atoms with van der Waals surface area (Å²) in [5.41, 5.74) is -0.0482. The highest BCUT2D eigenvalue weighted by Crippen LogP contribution is 2.48. The van der Waals surface area contributed by atoms with Crippen molar-refractivity contribution >= 4 is 34.2 Å². The number of halogens is 2. The largest absolute Gasteiger partial charge is 0.383 e. The zero-order chi connectivity index (χ0) is 21.3. The average Bonchev–Trinajstić information content (AvgIpc) is 3.33. The van der Waals surface area contributed by atoms with Crippen molar-refractivity contribution < 1.29 is 19.3 Å². The number of hydrogen-bond acceptors (Lipinski definition) is 6. The number of nitrogens with zero attached hydrogens (tertiary/aromatic N) is 3. The highest BCUT2D eigenvalue weighted by atomic mass is 35.5. The van der Waals surface area contributed by atoms with Gasteiger partial charge in [-0.2, -0.15) is 0 Å². The highest BCUT2D eigenvalue weighted by molar-refractivity contribution is 6.33. The van der Waals surface area contributed by atoms with Crippen LogP contribution in [0.15, 0.2) is 42.9 Å². The second-order valence-electron chi connectivity index (χ2n) is 8.29. The molecule has 4 heterocycles. The lowest BCUT2D eigenvalue weighted by Gasteiger charge is -2.34. The molecule has 0 spiro atoms. The van der Waals surface area contributed by atoms with Crippen LogP contribution in [0.5, 0.6) is 0 Å². The van der Waals surface area contributed by atoms with Gasteiger partial charge in [0.15, 0.2) is 12.0 Å². The van der Waals surface area contributed by atoms with Crippen LogP contribution in [0, 0.1) is 0 Å². The van der Waals surface area contributed by atoms with Crippen molar-refractivity contribution in [3.63, 3.8) is 0 Å². The van der Waals surface area contributed by atoms with Gasteiger partial charge in [-0.15, -0.1) is 0 Å². The van der Waals surface area contributed by atoms with Crippen LogP contribution in [-0.4, -0.2) is 43.7 Å². The first-order valence-electron chi connectivity index (χ1n) is 9.64. The summed E-state index contributed by atoms with van der Waals surface area (Å²) >= 11 is 12.2. The topological polar surface area (TPSA) is 78.6 Å². The van der Waals surface area contributed by atoms with Gasteiger partial charge in [-0.05, 0) is 44.5 Å². The monoisotopic (exact) mass is 449 g/mol. The maximum Gasteiger partial charge on any atom is 0.164 e. The molecule has 0 bridgehead atoms. The van der Waals surface area contributed by atoms with Crippen molar-refractivity contribution in [2.24, 2.45) is 0 Å². The number of ether oxygens (including phenoxy) is 3. The molecule has 2 fully saturated rings. The van der Waals surface area contributed by atoms with E-state index in [9.17, 15) is 5.11 Å². The molecule has 2 aromatic heterocycles. The lowest BCUT2D eigenvalue weighted by molar-refractivity contribution is -0.221. The SMILES string of the molecule is CC1(C)O[C@@H]2[C@H](O1)[C@@H]([C@](C)(O)c1ccc(Cl)cc1)O[C@H]2n1ccc2c(Cl)ncnc21. The summed E-state index contributed by atoms with van der Waals surface area (Å²) < 4.78 is 20.6. The smallest absolute Gasteiger partial charge is 0.164 e. The van der Waals surface area contributed by atoms with Crippen LogP contribution >= 0.6 is 23.2 Å². The first kappa shape index (κ1) is 20.2. The maximum atomic E-state index is 11.5. The Bertz CT molecular complexity index is 1100. The quantitative estimate of drug-likeness (QED) is 0.607. The summed E-state index contributed by atoms with van der Waals surface area (Å²) in [5.74, 6) is -0.818. The molecule has 3 aromatic rings. The normalized spacial score (nSPS) is 29.8. The molecule has 2 saturated heterocycles. The highest BCUT2D eigenvalue weighted by Gasteiger charge is 2.60. The molecule has 2 aliphatic heterocycles. The van der Waals surface area contributed by atoms with Gasteiger partial charge >= 0.3 is 0 Å². The molecule has 0 saturated carbocycles. The number of benzene rings is 1. The molecule has 5 atom stereocenters. The third kappa shape index (κ3) is 3.12. The fourth-order valence-corrected chi connectivity index (χ4v) is 4.67. The average molecular weight is 450 g/mol. The zero-order valence-corrected chi connectivity index (χ0v) is 18.1. The Hall–Kier alpha value is -1.74. The summed E-state index contributed by atoms with van der Waals surface area (Å²) in [6.45, 7) is 5.41. The van der Waals surface area contributed by atoms with Crippen LogP contribution in [0.3, 0.4) is 0 Å². The molecular formula is C21H21Cl2N3O4. The number of rotatable bonds is 3. The van der Waals surface area contributed by atoms with Crippen LogP contribution in [-0.2, 0) is 19.8 Å². The summed E-state index contributed by atoms with van der Waals surface area (Å²) in [6, 6.07) is 8.88. The minimum absolute atomic E-state index is 0.363. The van der Waals surface area contributed by atoms with E-state index in [0.29, 0.717) is 26.8 Å². The number of aromatic nitrogens is 3. The first-order valence-corrected chi connectivity index (χ1v) is 10.4. The molecule has 0 radical (unpaired) electrons. The van der Waals surface area contributed by atoms with Crippen LogP contribution < -0.4 is 0 Å². The molecule has 9 heteroatoms. The summed E-state index contributed by atoms with van der Waals surface area (Å²) in [6.07, 6.45) is 1.04. The Labute approximate surface area is 183 Å². The van der Waals surface area contributed by atoms with Gasteiger partial charge in [-0.3, -0.25) is 0 Å². The Balaban J connectivity index is 1.57. The van der Waals surface area contributed by atoms with Gasteiger partial charge in [0.2, 0.25) is 0 Å². The van der Waals surface area contributed by atoms with Crippen molar-refractivity contribution in [3.05, 3.63) is 58.6 Å². The minimum Gasteiger partial charge on any atom is -0.383 e. The van der Waals surface area contributed by atoms with Crippen LogP contribution in [0.1, 0.15) is 32.6 Å². The lowest BCUT2D eigenvalue weighted by Crippen LogP contribution is -2.45. The maximum absolute atomic E-state index is 11.5. The predicted molar refractivity (Wildman–Crippen MR) is 111 cm³/mol. The van der Waals surface area contributed by atoms with Crippen molar-refractivity contribution in [2.75, 3.05) is 0 Å². The van der Waals surface area contributed by atoms with E-state index in [2.05, 4.69) is 9.97 Å². The predicted octanol–water partition coefficient (Wildman–Crippen LogP) is 4.06. The fraction of sp³-hybridized carbons (Fsp3) is 0.429. The van der Waals surface area contributed by atoms with Crippen LogP contribution in [0.2, 0.25) is 10.2 Å². The third-order valence-electron chi connectivity index (χ3n) is 5.75. The van der Waals surface area contributed by atoms with E-state index in [1.165, 1.54) is 6.33 Å². The Morgan fingerprint density at radius 2 is 1.77 bits per heavy atom.